The molecule has 3 aliphatic heterocycles. The van der Waals surface area contributed by atoms with Crippen molar-refractivity contribution in [3.05, 3.63) is 58.1 Å². The summed E-state index contributed by atoms with van der Waals surface area (Å²) in [4.78, 5) is 56.3. The molecule has 3 aromatic rings. The average molecular weight is 867 g/mol. The fourth-order valence-corrected chi connectivity index (χ4v) is 11.3. The number of aromatic nitrogens is 2. The minimum absolute atomic E-state index is 0.187. The van der Waals surface area contributed by atoms with Crippen molar-refractivity contribution in [3.63, 3.8) is 0 Å². The number of ether oxygens (including phenoxy) is 3. The number of Topliss-reactive ketones (excluding diaryl/α,β-unsaturated/α-hetero) is 1. The van der Waals surface area contributed by atoms with Gasteiger partial charge in [0, 0.05) is 54.9 Å². The zero-order chi connectivity index (χ0) is 41.8. The summed E-state index contributed by atoms with van der Waals surface area (Å²) < 4.78 is 46.5. The van der Waals surface area contributed by atoms with E-state index in [2.05, 4.69) is 30.0 Å². The number of benzene rings is 1. The number of morpholine rings is 1. The van der Waals surface area contributed by atoms with Crippen LogP contribution in [0.3, 0.4) is 0 Å². The van der Waals surface area contributed by atoms with E-state index in [4.69, 9.17) is 35.8 Å². The molecule has 13 nitrogen and oxygen atoms in total. The second-order valence-corrected chi connectivity index (χ2v) is 20.2. The van der Waals surface area contributed by atoms with Crippen molar-refractivity contribution in [2.24, 2.45) is 11.3 Å². The third kappa shape index (κ3) is 8.29. The van der Waals surface area contributed by atoms with Crippen LogP contribution in [0.15, 0.2) is 47.4 Å². The van der Waals surface area contributed by atoms with E-state index in [1.165, 1.54) is 11.3 Å². The molecule has 1 N–H and O–H groups in total. The van der Waals surface area contributed by atoms with Crippen molar-refractivity contribution in [1.82, 2.24) is 24.5 Å². The Hall–Kier alpha value is -3.89. The summed E-state index contributed by atoms with van der Waals surface area (Å²) in [6.45, 7) is 16.0. The van der Waals surface area contributed by atoms with Gasteiger partial charge in [0.1, 0.15) is 39.9 Å². The molecule has 0 spiro atoms. The molecule has 0 unspecified atom stereocenters. The van der Waals surface area contributed by atoms with Gasteiger partial charge < -0.3 is 19.1 Å². The second kappa shape index (κ2) is 16.5. The lowest BCUT2D eigenvalue weighted by Gasteiger charge is -2.36. The van der Waals surface area contributed by atoms with Gasteiger partial charge in [-0.15, -0.1) is 17.9 Å². The predicted octanol–water partition coefficient (Wildman–Crippen LogP) is 6.45. The van der Waals surface area contributed by atoms with Gasteiger partial charge in [0.2, 0.25) is 15.9 Å². The fraction of sp³-hybridized carbons (Fsp3) is 0.558. The molecular formula is C43H52ClN5O8S2. The first-order valence-electron chi connectivity index (χ1n) is 20.6. The Morgan fingerprint density at radius 3 is 2.58 bits per heavy atom. The van der Waals surface area contributed by atoms with Crippen LogP contribution in [0.1, 0.15) is 84.3 Å². The van der Waals surface area contributed by atoms with Crippen molar-refractivity contribution < 1.29 is 37.0 Å². The van der Waals surface area contributed by atoms with E-state index < -0.39 is 44.8 Å². The molecule has 0 radical (unpaired) electrons. The minimum Gasteiger partial charge on any atom is -0.491 e. The van der Waals surface area contributed by atoms with E-state index in [1.807, 2.05) is 37.4 Å². The van der Waals surface area contributed by atoms with Gasteiger partial charge in [0.25, 0.3) is 5.91 Å². The topological polar surface area (TPSA) is 157 Å². The monoisotopic (exact) mass is 865 g/mol. The van der Waals surface area contributed by atoms with E-state index in [0.717, 1.165) is 30.9 Å². The maximum absolute atomic E-state index is 14.5. The first-order chi connectivity index (χ1) is 28.2. The smallest absolute Gasteiger partial charge is 0.250 e. The molecule has 59 heavy (non-hydrogen) atoms. The van der Waals surface area contributed by atoms with Crippen molar-refractivity contribution in [1.29, 1.82) is 0 Å². The van der Waals surface area contributed by atoms with Crippen LogP contribution in [0.2, 0.25) is 5.02 Å². The molecule has 0 bridgehead atoms. The van der Waals surface area contributed by atoms with Crippen LogP contribution in [0.25, 0.3) is 21.6 Å². The molecule has 5 aliphatic rings. The highest BCUT2D eigenvalue weighted by Crippen LogP contribution is 2.57. The van der Waals surface area contributed by atoms with Crippen LogP contribution in [-0.4, -0.2) is 109 Å². The van der Waals surface area contributed by atoms with E-state index in [-0.39, 0.29) is 36.4 Å². The first-order valence-corrected chi connectivity index (χ1v) is 23.4. The van der Waals surface area contributed by atoms with Crippen LogP contribution in [-0.2, 0) is 29.1 Å². The number of carbonyl (C=O) groups excluding carboxylic acids is 3. The summed E-state index contributed by atoms with van der Waals surface area (Å²) in [5.41, 5.74) is 2.29. The summed E-state index contributed by atoms with van der Waals surface area (Å²) in [7, 11) is -3.83. The molecule has 2 aliphatic carbocycles. The zero-order valence-corrected chi connectivity index (χ0v) is 36.4. The van der Waals surface area contributed by atoms with Gasteiger partial charge in [0.15, 0.2) is 5.78 Å². The van der Waals surface area contributed by atoms with Crippen molar-refractivity contribution in [2.45, 2.75) is 102 Å². The summed E-state index contributed by atoms with van der Waals surface area (Å²) in [5.74, 6) is -0.374. The number of allylic oxidation sites excluding steroid dienone is 2. The Morgan fingerprint density at radius 1 is 1.15 bits per heavy atom. The number of piperidine rings is 1. The number of ketones is 1. The molecule has 2 saturated carbocycles. The van der Waals surface area contributed by atoms with Crippen LogP contribution in [0.4, 0.5) is 0 Å². The van der Waals surface area contributed by atoms with Crippen molar-refractivity contribution >= 4 is 61.5 Å². The van der Waals surface area contributed by atoms with Gasteiger partial charge >= 0.3 is 0 Å². The molecule has 3 saturated heterocycles. The standard InChI is InChI=1S/C43H52ClN5O8S2/c1-6-26-21-43(26,42(52)47-59(53,54)27-7-8-27)22-34(50)33-20-37(32-11-9-28(24(2)3)41(51)49(32)33)57-36-19-30(40-46-31(23-58-40)25(4)5)45-39-29(36)10-12-35(38(39)44)56-18-15-48-13-16-55-17-14-48/h6,10,12,19,23,25-27,32-33,37H,1,7-9,11,13-18,20-22H2,2-5H3,(H,47,52)/t26-,32-,33+,37-,43-/m1/s1. The number of rotatable bonds is 15. The van der Waals surface area contributed by atoms with Crippen molar-refractivity contribution in [2.75, 3.05) is 39.5 Å². The Labute approximate surface area is 354 Å². The summed E-state index contributed by atoms with van der Waals surface area (Å²) >= 11 is 8.59. The average Bonchev–Trinajstić information content (AvgIpc) is 4.10. The lowest BCUT2D eigenvalue weighted by Crippen LogP contribution is -2.51. The molecule has 1 aromatic carbocycles. The number of nitrogens with zero attached hydrogens (tertiary/aromatic N) is 4. The number of fused-ring (bicyclic) bond motifs is 2. The van der Waals surface area contributed by atoms with Crippen LogP contribution >= 0.6 is 22.9 Å². The van der Waals surface area contributed by atoms with Gasteiger partial charge in [-0.05, 0) is 69.9 Å². The maximum Gasteiger partial charge on any atom is 0.250 e. The van der Waals surface area contributed by atoms with Crippen LogP contribution < -0.4 is 14.2 Å². The predicted molar refractivity (Wildman–Crippen MR) is 226 cm³/mol. The van der Waals surface area contributed by atoms with Gasteiger partial charge in [0.05, 0.1) is 47.2 Å². The summed E-state index contributed by atoms with van der Waals surface area (Å²) in [5, 5.41) is 3.11. The van der Waals surface area contributed by atoms with E-state index in [1.54, 1.807) is 11.0 Å². The maximum atomic E-state index is 14.5. The van der Waals surface area contributed by atoms with Gasteiger partial charge in [-0.2, -0.15) is 0 Å². The Morgan fingerprint density at radius 2 is 1.92 bits per heavy atom. The minimum atomic E-state index is -3.83. The summed E-state index contributed by atoms with van der Waals surface area (Å²) in [6, 6.07) is 4.22. The molecule has 5 atom stereocenters. The number of hydrogen-bond donors (Lipinski definition) is 1. The largest absolute Gasteiger partial charge is 0.491 e. The number of hydrogen-bond acceptors (Lipinski definition) is 12. The highest BCUT2D eigenvalue weighted by molar-refractivity contribution is 7.90. The Bertz CT molecular complexity index is 2320. The van der Waals surface area contributed by atoms with Gasteiger partial charge in [-0.1, -0.05) is 37.1 Å². The quantitative estimate of drug-likeness (QED) is 0.132. The number of pyridine rings is 1. The molecular weight excluding hydrogens is 814 g/mol. The van der Waals surface area contributed by atoms with Crippen molar-refractivity contribution in [3.8, 4) is 22.2 Å². The third-order valence-corrected chi connectivity index (χ3v) is 15.6. The Kier molecular flexibility index (Phi) is 11.7. The molecule has 2 amide bonds. The number of nitrogens with one attached hydrogen (secondary N) is 1. The molecule has 2 aromatic heterocycles. The summed E-state index contributed by atoms with van der Waals surface area (Å²) in [6.07, 6.45) is 3.39. The second-order valence-electron chi connectivity index (χ2n) is 17.0. The van der Waals surface area contributed by atoms with Gasteiger partial charge in [-0.25, -0.2) is 18.4 Å². The highest BCUT2D eigenvalue weighted by Gasteiger charge is 2.62. The normalized spacial score (nSPS) is 25.9. The number of sulfonamides is 1. The number of carbonyl (C=O) groups is 3. The molecule has 5 heterocycles. The lowest BCUT2D eigenvalue weighted by atomic mass is 9.91. The first kappa shape index (κ1) is 41.8. The highest BCUT2D eigenvalue weighted by atomic mass is 35.5. The molecule has 5 fully saturated rings. The number of amides is 2. The van der Waals surface area contributed by atoms with Crippen LogP contribution in [0.5, 0.6) is 11.5 Å². The SMILES string of the molecule is C=C[C@@H]1C[C@]1(CC(=O)[C@@H]1C[C@@H](Oc2cc(-c3nc(C(C)C)cs3)nc3c(Cl)c(OCCN4CCOCC4)ccc23)[C@H]2CCC(=C(C)C)C(=O)N21)C(=O)NS(=O)(=O)C1CC1. The number of thiazole rings is 1. The fourth-order valence-electron chi connectivity index (χ4n) is 8.73. The van der Waals surface area contributed by atoms with E-state index >= 15 is 0 Å². The Balaban J connectivity index is 1.11. The number of halogens is 1. The zero-order valence-electron chi connectivity index (χ0n) is 34.0. The van der Waals surface area contributed by atoms with Gasteiger partial charge in [-0.3, -0.25) is 24.0 Å². The molecule has 8 rings (SSSR count). The molecule has 16 heteroatoms. The lowest BCUT2D eigenvalue weighted by molar-refractivity contribution is -0.140. The van der Waals surface area contributed by atoms with E-state index in [9.17, 15) is 22.8 Å². The van der Waals surface area contributed by atoms with E-state index in [0.29, 0.717) is 95.6 Å². The van der Waals surface area contributed by atoms with Crippen LogP contribution in [0, 0.1) is 11.3 Å². The third-order valence-electron chi connectivity index (χ3n) is 12.5. The molecule has 316 valence electrons.